The third-order valence-electron chi connectivity index (χ3n) is 3.94. The zero-order chi connectivity index (χ0) is 16.1. The fourth-order valence-corrected chi connectivity index (χ4v) is 3.47. The smallest absolute Gasteiger partial charge is 0.240 e. The van der Waals surface area contributed by atoms with Gasteiger partial charge in [0.1, 0.15) is 0 Å². The molecule has 1 amide bonds. The van der Waals surface area contributed by atoms with Gasteiger partial charge in [-0.05, 0) is 18.4 Å². The van der Waals surface area contributed by atoms with E-state index in [0.717, 1.165) is 18.4 Å². The Balaban J connectivity index is 0.00000264. The molecule has 0 radical (unpaired) electrons. The van der Waals surface area contributed by atoms with Gasteiger partial charge in [0.2, 0.25) is 15.9 Å². The van der Waals surface area contributed by atoms with Crippen molar-refractivity contribution in [3.05, 3.63) is 35.9 Å². The van der Waals surface area contributed by atoms with Crippen molar-refractivity contribution in [2.45, 2.75) is 37.8 Å². The highest BCUT2D eigenvalue weighted by Crippen LogP contribution is 2.27. The van der Waals surface area contributed by atoms with Crippen molar-refractivity contribution in [1.82, 2.24) is 10.0 Å². The van der Waals surface area contributed by atoms with Gasteiger partial charge in [0.15, 0.2) is 0 Å². The van der Waals surface area contributed by atoms with Gasteiger partial charge < -0.3 is 11.1 Å². The van der Waals surface area contributed by atoms with E-state index in [2.05, 4.69) is 10.0 Å². The molecule has 0 atom stereocenters. The molecule has 4 N–H and O–H groups in total. The summed E-state index contributed by atoms with van der Waals surface area (Å²) >= 11 is 0. The summed E-state index contributed by atoms with van der Waals surface area (Å²) in [6, 6.07) is 9.28. The molecule has 2 rings (SSSR count). The summed E-state index contributed by atoms with van der Waals surface area (Å²) in [6.45, 7) is 0.319. The van der Waals surface area contributed by atoms with Crippen molar-refractivity contribution in [2.75, 3.05) is 12.3 Å². The Morgan fingerprint density at radius 3 is 2.39 bits per heavy atom. The van der Waals surface area contributed by atoms with Crippen LogP contribution >= 0.6 is 12.4 Å². The molecule has 0 saturated heterocycles. The van der Waals surface area contributed by atoms with Crippen LogP contribution in [0, 0.1) is 0 Å². The summed E-state index contributed by atoms with van der Waals surface area (Å²) in [4.78, 5) is 12.0. The second-order valence-electron chi connectivity index (χ2n) is 5.74. The average molecular weight is 362 g/mol. The Morgan fingerprint density at radius 2 is 1.78 bits per heavy atom. The van der Waals surface area contributed by atoms with Crippen LogP contribution in [0.2, 0.25) is 0 Å². The van der Waals surface area contributed by atoms with E-state index in [1.807, 2.05) is 30.3 Å². The lowest BCUT2D eigenvalue weighted by Crippen LogP contribution is -2.52. The molecular formula is C15H24ClN3O3S. The first-order chi connectivity index (χ1) is 10.4. The van der Waals surface area contributed by atoms with E-state index in [4.69, 9.17) is 5.73 Å². The number of carbonyl (C=O) groups excluding carboxylic acids is 1. The topological polar surface area (TPSA) is 101 Å². The van der Waals surface area contributed by atoms with Gasteiger partial charge in [0, 0.05) is 13.1 Å². The van der Waals surface area contributed by atoms with Gasteiger partial charge in [0.25, 0.3) is 0 Å². The molecule has 0 bridgehead atoms. The molecule has 23 heavy (non-hydrogen) atoms. The van der Waals surface area contributed by atoms with Gasteiger partial charge in [-0.2, -0.15) is 0 Å². The van der Waals surface area contributed by atoms with Gasteiger partial charge in [-0.3, -0.25) is 4.79 Å². The lowest BCUT2D eigenvalue weighted by atomic mass is 9.98. The minimum atomic E-state index is -3.42. The highest BCUT2D eigenvalue weighted by atomic mass is 35.5. The molecule has 130 valence electrons. The number of carbonyl (C=O) groups is 1. The quantitative estimate of drug-likeness (QED) is 0.672. The molecule has 0 unspecified atom stereocenters. The van der Waals surface area contributed by atoms with Crippen LogP contribution in [-0.4, -0.2) is 32.2 Å². The van der Waals surface area contributed by atoms with Crippen molar-refractivity contribution in [3.63, 3.8) is 0 Å². The van der Waals surface area contributed by atoms with E-state index in [-0.39, 0.29) is 37.2 Å². The van der Waals surface area contributed by atoms with Crippen molar-refractivity contribution in [1.29, 1.82) is 0 Å². The summed E-state index contributed by atoms with van der Waals surface area (Å²) in [7, 11) is -3.42. The molecule has 0 aliphatic heterocycles. The highest BCUT2D eigenvalue weighted by Gasteiger charge is 2.36. The first-order valence-electron chi connectivity index (χ1n) is 7.50. The van der Waals surface area contributed by atoms with Crippen LogP contribution in [0.25, 0.3) is 0 Å². The number of nitrogens with two attached hydrogens (primary N) is 1. The van der Waals surface area contributed by atoms with E-state index in [0.29, 0.717) is 12.8 Å². The number of benzene rings is 1. The summed E-state index contributed by atoms with van der Waals surface area (Å²) in [5.74, 6) is -0.398. The molecule has 0 heterocycles. The van der Waals surface area contributed by atoms with Gasteiger partial charge >= 0.3 is 0 Å². The van der Waals surface area contributed by atoms with Crippen LogP contribution in [-0.2, 0) is 21.4 Å². The van der Waals surface area contributed by atoms with Crippen LogP contribution in [0.4, 0.5) is 0 Å². The summed E-state index contributed by atoms with van der Waals surface area (Å²) in [6.07, 6.45) is 3.22. The van der Waals surface area contributed by atoms with E-state index in [9.17, 15) is 13.2 Å². The van der Waals surface area contributed by atoms with Crippen molar-refractivity contribution < 1.29 is 13.2 Å². The molecule has 1 saturated carbocycles. The maximum Gasteiger partial charge on any atom is 0.240 e. The number of rotatable bonds is 7. The second-order valence-corrected chi connectivity index (χ2v) is 7.67. The first-order valence-corrected chi connectivity index (χ1v) is 9.15. The van der Waals surface area contributed by atoms with Gasteiger partial charge in [-0.15, -0.1) is 12.4 Å². The third-order valence-corrected chi connectivity index (χ3v) is 5.27. The molecule has 0 aromatic heterocycles. The monoisotopic (exact) mass is 361 g/mol. The fourth-order valence-electron chi connectivity index (χ4n) is 2.57. The van der Waals surface area contributed by atoms with E-state index in [1.165, 1.54) is 0 Å². The van der Waals surface area contributed by atoms with Crippen LogP contribution in [0.3, 0.4) is 0 Å². The second kappa shape index (κ2) is 8.63. The number of hydrogen-bond donors (Lipinski definition) is 3. The molecular weight excluding hydrogens is 338 g/mol. The third kappa shape index (κ3) is 6.10. The SMILES string of the molecule is Cl.NC1(C(=O)NCCS(=O)(=O)NCc2ccccc2)CCCC1. The Kier molecular flexibility index (Phi) is 7.47. The fraction of sp³-hybridized carbons (Fsp3) is 0.533. The zero-order valence-electron chi connectivity index (χ0n) is 13.0. The predicted octanol–water partition coefficient (Wildman–Crippen LogP) is 0.915. The largest absolute Gasteiger partial charge is 0.353 e. The maximum absolute atomic E-state index is 12.0. The van der Waals surface area contributed by atoms with Crippen LogP contribution in [0.1, 0.15) is 31.2 Å². The zero-order valence-corrected chi connectivity index (χ0v) is 14.6. The number of sulfonamides is 1. The van der Waals surface area contributed by atoms with Crippen molar-refractivity contribution >= 4 is 28.3 Å². The molecule has 1 aromatic rings. The highest BCUT2D eigenvalue weighted by molar-refractivity contribution is 7.89. The van der Waals surface area contributed by atoms with Crippen molar-refractivity contribution in [2.24, 2.45) is 5.73 Å². The molecule has 1 aromatic carbocycles. The Hall–Kier alpha value is -1.15. The van der Waals surface area contributed by atoms with Crippen molar-refractivity contribution in [3.8, 4) is 0 Å². The number of hydrogen-bond acceptors (Lipinski definition) is 4. The molecule has 6 nitrogen and oxygen atoms in total. The molecule has 0 spiro atoms. The average Bonchev–Trinajstić information content (AvgIpc) is 2.94. The Morgan fingerprint density at radius 1 is 1.17 bits per heavy atom. The molecule has 1 aliphatic carbocycles. The minimum absolute atomic E-state index is 0. The van der Waals surface area contributed by atoms with Gasteiger partial charge in [-0.1, -0.05) is 43.2 Å². The molecule has 1 fully saturated rings. The van der Waals surface area contributed by atoms with E-state index < -0.39 is 15.6 Å². The Bertz CT molecular complexity index is 602. The van der Waals surface area contributed by atoms with E-state index in [1.54, 1.807) is 0 Å². The number of nitrogens with one attached hydrogen (secondary N) is 2. The molecule has 1 aliphatic rings. The summed E-state index contributed by atoms with van der Waals surface area (Å²) in [5.41, 5.74) is 6.08. The normalized spacial score (nSPS) is 16.6. The number of amides is 1. The van der Waals surface area contributed by atoms with Gasteiger partial charge in [-0.25, -0.2) is 13.1 Å². The minimum Gasteiger partial charge on any atom is -0.353 e. The van der Waals surface area contributed by atoms with Crippen LogP contribution in [0.5, 0.6) is 0 Å². The number of halogens is 1. The first kappa shape index (κ1) is 19.9. The maximum atomic E-state index is 12.0. The summed E-state index contributed by atoms with van der Waals surface area (Å²) in [5, 5.41) is 2.64. The molecule has 8 heteroatoms. The van der Waals surface area contributed by atoms with Crippen LogP contribution in [0.15, 0.2) is 30.3 Å². The predicted molar refractivity (Wildman–Crippen MR) is 92.7 cm³/mol. The van der Waals surface area contributed by atoms with Crippen LogP contribution < -0.4 is 15.8 Å². The van der Waals surface area contributed by atoms with Gasteiger partial charge in [0.05, 0.1) is 11.3 Å². The lowest BCUT2D eigenvalue weighted by Gasteiger charge is -2.22. The standard InChI is InChI=1S/C15H23N3O3S.ClH/c16-15(8-4-5-9-15)14(19)17-10-11-22(20,21)18-12-13-6-2-1-3-7-13;/h1-3,6-7,18H,4-5,8-12,16H2,(H,17,19);1H. The lowest BCUT2D eigenvalue weighted by molar-refractivity contribution is -0.126. The summed E-state index contributed by atoms with van der Waals surface area (Å²) < 4.78 is 26.3. The van der Waals surface area contributed by atoms with E-state index >= 15 is 0 Å². The Labute approximate surface area is 143 Å².